The van der Waals surface area contributed by atoms with Gasteiger partial charge in [0.25, 0.3) is 5.89 Å². The van der Waals surface area contributed by atoms with Crippen molar-refractivity contribution >= 4 is 5.97 Å². The second-order valence-corrected chi connectivity index (χ2v) is 6.63. The van der Waals surface area contributed by atoms with Crippen molar-refractivity contribution in [2.24, 2.45) is 0 Å². The predicted molar refractivity (Wildman–Crippen MR) is 107 cm³/mol. The molecule has 29 heavy (non-hydrogen) atoms. The first-order valence-electron chi connectivity index (χ1n) is 9.31. The Hall–Kier alpha value is -3.35. The van der Waals surface area contributed by atoms with Crippen LogP contribution in [0.25, 0.3) is 11.5 Å². The first-order chi connectivity index (χ1) is 14.0. The van der Waals surface area contributed by atoms with Crippen molar-refractivity contribution in [3.8, 4) is 23.0 Å². The summed E-state index contributed by atoms with van der Waals surface area (Å²) in [6.45, 7) is 3.72. The molecule has 0 aliphatic carbocycles. The van der Waals surface area contributed by atoms with Crippen molar-refractivity contribution in [3.63, 3.8) is 0 Å². The van der Waals surface area contributed by atoms with E-state index < -0.39 is 6.10 Å². The van der Waals surface area contributed by atoms with Gasteiger partial charge in [-0.25, -0.2) is 0 Å². The minimum absolute atomic E-state index is 0.221. The van der Waals surface area contributed by atoms with E-state index in [1.165, 1.54) is 0 Å². The molecule has 0 saturated heterocycles. The van der Waals surface area contributed by atoms with Crippen molar-refractivity contribution in [3.05, 3.63) is 59.5 Å². The fourth-order valence-electron chi connectivity index (χ4n) is 2.80. The molecule has 0 aliphatic heterocycles. The maximum atomic E-state index is 12.2. The van der Waals surface area contributed by atoms with Crippen molar-refractivity contribution in [2.75, 3.05) is 14.2 Å². The lowest BCUT2D eigenvalue weighted by Crippen LogP contribution is -2.10. The van der Waals surface area contributed by atoms with Crippen LogP contribution in [0, 0.1) is 6.92 Å². The van der Waals surface area contributed by atoms with E-state index >= 15 is 0 Å². The molecule has 3 rings (SSSR count). The highest BCUT2D eigenvalue weighted by Gasteiger charge is 2.19. The molecule has 0 amide bonds. The number of rotatable bonds is 8. The summed E-state index contributed by atoms with van der Waals surface area (Å²) in [7, 11) is 3.16. The van der Waals surface area contributed by atoms with Gasteiger partial charge in [0, 0.05) is 12.0 Å². The largest absolute Gasteiger partial charge is 0.493 e. The van der Waals surface area contributed by atoms with Crippen LogP contribution < -0.4 is 9.47 Å². The van der Waals surface area contributed by atoms with Crippen LogP contribution in [0.15, 0.2) is 46.9 Å². The first-order valence-corrected chi connectivity index (χ1v) is 9.31. The van der Waals surface area contributed by atoms with Crippen LogP contribution in [0.2, 0.25) is 0 Å². The van der Waals surface area contributed by atoms with E-state index in [0.717, 1.165) is 16.7 Å². The summed E-state index contributed by atoms with van der Waals surface area (Å²) >= 11 is 0. The van der Waals surface area contributed by atoms with Gasteiger partial charge in [-0.05, 0) is 50.1 Å². The monoisotopic (exact) mass is 396 g/mol. The molecular formula is C22H24N2O5. The fourth-order valence-corrected chi connectivity index (χ4v) is 2.80. The number of nitrogens with zero attached hydrogens (tertiary/aromatic N) is 2. The van der Waals surface area contributed by atoms with Gasteiger partial charge in [-0.15, -0.1) is 10.2 Å². The van der Waals surface area contributed by atoms with E-state index in [-0.39, 0.29) is 18.3 Å². The highest BCUT2D eigenvalue weighted by Crippen LogP contribution is 2.28. The van der Waals surface area contributed by atoms with Gasteiger partial charge < -0.3 is 18.6 Å². The number of carbonyl (C=O) groups is 1. The number of benzene rings is 2. The van der Waals surface area contributed by atoms with Gasteiger partial charge in [-0.2, -0.15) is 0 Å². The van der Waals surface area contributed by atoms with Gasteiger partial charge in [0.1, 0.15) is 0 Å². The standard InChI is InChI=1S/C22H24N2O5/c1-14-5-9-17(10-6-14)22-24-23-21(29-22)15(2)28-20(25)12-8-16-7-11-18(26-3)19(13-16)27-4/h5-7,9-11,13,15H,8,12H2,1-4H3. The van der Waals surface area contributed by atoms with Crippen molar-refractivity contribution in [1.82, 2.24) is 10.2 Å². The van der Waals surface area contributed by atoms with Crippen LogP contribution in [0.1, 0.15) is 36.5 Å². The lowest BCUT2D eigenvalue weighted by Gasteiger charge is -2.11. The Bertz CT molecular complexity index is 966. The molecule has 152 valence electrons. The predicted octanol–water partition coefficient (Wildman–Crippen LogP) is 4.30. The molecule has 1 unspecified atom stereocenters. The van der Waals surface area contributed by atoms with E-state index in [9.17, 15) is 4.79 Å². The quantitative estimate of drug-likeness (QED) is 0.525. The Kier molecular flexibility index (Phi) is 6.49. The van der Waals surface area contributed by atoms with Gasteiger partial charge >= 0.3 is 5.97 Å². The zero-order valence-electron chi connectivity index (χ0n) is 17.0. The average Bonchev–Trinajstić information content (AvgIpc) is 3.23. The molecule has 0 aliphatic rings. The first kappa shape index (κ1) is 20.4. The molecule has 3 aromatic rings. The summed E-state index contributed by atoms with van der Waals surface area (Å²) in [5.74, 6) is 1.59. The van der Waals surface area contributed by atoms with Crippen LogP contribution >= 0.6 is 0 Å². The van der Waals surface area contributed by atoms with Crippen molar-refractivity contribution in [1.29, 1.82) is 0 Å². The Morgan fingerprint density at radius 3 is 2.45 bits per heavy atom. The molecular weight excluding hydrogens is 372 g/mol. The fraction of sp³-hybridized carbons (Fsp3) is 0.318. The molecule has 0 spiro atoms. The third-order valence-corrected chi connectivity index (χ3v) is 4.46. The van der Waals surface area contributed by atoms with E-state index in [0.29, 0.717) is 23.8 Å². The Morgan fingerprint density at radius 2 is 1.76 bits per heavy atom. The number of methoxy groups -OCH3 is 2. The second kappa shape index (κ2) is 9.23. The van der Waals surface area contributed by atoms with Gasteiger partial charge in [0.2, 0.25) is 5.89 Å². The smallest absolute Gasteiger partial charge is 0.306 e. The van der Waals surface area contributed by atoms with E-state index in [1.54, 1.807) is 21.1 Å². The molecule has 1 atom stereocenters. The van der Waals surface area contributed by atoms with Crippen LogP contribution in [0.3, 0.4) is 0 Å². The van der Waals surface area contributed by atoms with E-state index in [2.05, 4.69) is 10.2 Å². The summed E-state index contributed by atoms with van der Waals surface area (Å²) in [4.78, 5) is 12.2. The van der Waals surface area contributed by atoms with Gasteiger partial charge in [0.15, 0.2) is 17.6 Å². The Labute approximate surface area is 169 Å². The van der Waals surface area contributed by atoms with E-state index in [4.69, 9.17) is 18.6 Å². The second-order valence-electron chi connectivity index (χ2n) is 6.63. The topological polar surface area (TPSA) is 83.7 Å². The summed E-state index contributed by atoms with van der Waals surface area (Å²) < 4.78 is 21.6. The number of hydrogen-bond donors (Lipinski definition) is 0. The number of hydrogen-bond acceptors (Lipinski definition) is 7. The highest BCUT2D eigenvalue weighted by atomic mass is 16.6. The Balaban J connectivity index is 1.56. The summed E-state index contributed by atoms with van der Waals surface area (Å²) in [6, 6.07) is 13.3. The van der Waals surface area contributed by atoms with Crippen LogP contribution in [-0.2, 0) is 16.0 Å². The minimum atomic E-state index is -0.625. The van der Waals surface area contributed by atoms with E-state index in [1.807, 2.05) is 49.4 Å². The van der Waals surface area contributed by atoms with Crippen molar-refractivity contribution in [2.45, 2.75) is 32.8 Å². The maximum absolute atomic E-state index is 12.2. The molecule has 0 saturated carbocycles. The molecule has 0 radical (unpaired) electrons. The van der Waals surface area contributed by atoms with Gasteiger partial charge in [0.05, 0.1) is 14.2 Å². The van der Waals surface area contributed by atoms with Crippen LogP contribution in [0.4, 0.5) is 0 Å². The number of carbonyl (C=O) groups excluding carboxylic acids is 1. The number of ether oxygens (including phenoxy) is 3. The van der Waals surface area contributed by atoms with Gasteiger partial charge in [-0.1, -0.05) is 23.8 Å². The number of aryl methyl sites for hydroxylation is 2. The number of esters is 1. The SMILES string of the molecule is COc1ccc(CCC(=O)OC(C)c2nnc(-c3ccc(C)cc3)o2)cc1OC. The normalized spacial score (nSPS) is 11.7. The lowest BCUT2D eigenvalue weighted by atomic mass is 10.1. The average molecular weight is 396 g/mol. The molecule has 7 nitrogen and oxygen atoms in total. The summed E-state index contributed by atoms with van der Waals surface area (Å²) in [5, 5.41) is 8.04. The molecule has 0 bridgehead atoms. The third-order valence-electron chi connectivity index (χ3n) is 4.46. The molecule has 1 heterocycles. The Morgan fingerprint density at radius 1 is 1.03 bits per heavy atom. The summed E-state index contributed by atoms with van der Waals surface area (Å²) in [5.41, 5.74) is 2.92. The van der Waals surface area contributed by atoms with Crippen LogP contribution in [0.5, 0.6) is 11.5 Å². The molecule has 0 N–H and O–H groups in total. The van der Waals surface area contributed by atoms with Crippen LogP contribution in [-0.4, -0.2) is 30.4 Å². The molecule has 0 fully saturated rings. The zero-order valence-corrected chi connectivity index (χ0v) is 17.0. The van der Waals surface area contributed by atoms with Crippen molar-refractivity contribution < 1.29 is 23.4 Å². The number of aromatic nitrogens is 2. The maximum Gasteiger partial charge on any atom is 0.306 e. The molecule has 7 heteroatoms. The van der Waals surface area contributed by atoms with Gasteiger partial charge in [-0.3, -0.25) is 4.79 Å². The zero-order chi connectivity index (χ0) is 20.8. The third kappa shape index (κ3) is 5.13. The minimum Gasteiger partial charge on any atom is -0.493 e. The molecule has 2 aromatic carbocycles. The summed E-state index contributed by atoms with van der Waals surface area (Å²) in [6.07, 6.45) is 0.114. The highest BCUT2D eigenvalue weighted by molar-refractivity contribution is 5.70. The molecule has 1 aromatic heterocycles. The lowest BCUT2D eigenvalue weighted by molar-refractivity contribution is -0.149.